The van der Waals surface area contributed by atoms with E-state index in [1.165, 1.54) is 50.7 Å². The summed E-state index contributed by atoms with van der Waals surface area (Å²) in [5, 5.41) is 2.43. The van der Waals surface area contributed by atoms with Gasteiger partial charge >= 0.3 is 11.9 Å². The molecule has 0 atom stereocenters. The van der Waals surface area contributed by atoms with E-state index < -0.39 is 23.4 Å². The van der Waals surface area contributed by atoms with Crippen molar-refractivity contribution in [1.82, 2.24) is 4.98 Å². The van der Waals surface area contributed by atoms with Crippen molar-refractivity contribution in [3.8, 4) is 0 Å². The van der Waals surface area contributed by atoms with E-state index in [0.29, 0.717) is 0 Å². The zero-order chi connectivity index (χ0) is 17.7. The Labute approximate surface area is 136 Å². The van der Waals surface area contributed by atoms with Gasteiger partial charge < -0.3 is 19.8 Å². The molecule has 0 radical (unpaired) electrons. The van der Waals surface area contributed by atoms with Gasteiger partial charge in [0.05, 0.1) is 31.0 Å². The molecule has 0 bridgehead atoms. The van der Waals surface area contributed by atoms with E-state index >= 15 is 0 Å². The minimum Gasteiger partial charge on any atom is -0.465 e. The summed E-state index contributed by atoms with van der Waals surface area (Å²) >= 11 is 0. The van der Waals surface area contributed by atoms with Crippen LogP contribution in [-0.4, -0.2) is 37.0 Å². The first-order valence-electron chi connectivity index (χ1n) is 6.77. The fraction of sp³-hybridized carbons (Fsp3) is 0.125. The Morgan fingerprint density at radius 2 is 1.71 bits per heavy atom. The second-order valence-electron chi connectivity index (χ2n) is 4.61. The molecule has 2 N–H and O–H groups in total. The molecule has 0 spiro atoms. The minimum absolute atomic E-state index is 0.0259. The summed E-state index contributed by atoms with van der Waals surface area (Å²) in [5.74, 6) is -2.08. The molecule has 0 saturated heterocycles. The number of esters is 2. The van der Waals surface area contributed by atoms with Crippen molar-refractivity contribution in [2.24, 2.45) is 0 Å². The van der Waals surface area contributed by atoms with E-state index in [4.69, 9.17) is 0 Å². The maximum absolute atomic E-state index is 12.2. The summed E-state index contributed by atoms with van der Waals surface area (Å²) in [6.07, 6.45) is 1.39. The summed E-state index contributed by atoms with van der Waals surface area (Å²) in [6, 6.07) is 6.78. The molecule has 8 heteroatoms. The van der Waals surface area contributed by atoms with Gasteiger partial charge in [0.1, 0.15) is 5.56 Å². The highest BCUT2D eigenvalue weighted by Crippen LogP contribution is 2.20. The summed E-state index contributed by atoms with van der Waals surface area (Å²) in [6.45, 7) is 0. The Balaban J connectivity index is 2.44. The number of ether oxygens (including phenoxy) is 2. The molecule has 0 saturated carbocycles. The second kappa shape index (κ2) is 7.23. The molecule has 1 aromatic carbocycles. The number of carbonyl (C=O) groups excluding carboxylic acids is 3. The number of hydrogen-bond acceptors (Lipinski definition) is 6. The number of benzene rings is 1. The van der Waals surface area contributed by atoms with Crippen molar-refractivity contribution in [2.45, 2.75) is 0 Å². The molecule has 124 valence electrons. The SMILES string of the molecule is COC(=O)c1ccc(C(=O)OC)c(NC(=O)c2ccc[nH]c2=O)c1. The lowest BCUT2D eigenvalue weighted by molar-refractivity contribution is 0.0587. The number of carbonyl (C=O) groups is 3. The van der Waals surface area contributed by atoms with E-state index in [1.54, 1.807) is 0 Å². The fourth-order valence-corrected chi connectivity index (χ4v) is 1.97. The van der Waals surface area contributed by atoms with Crippen LogP contribution in [-0.2, 0) is 9.47 Å². The molecule has 0 unspecified atom stereocenters. The van der Waals surface area contributed by atoms with Gasteiger partial charge in [-0.1, -0.05) is 0 Å². The summed E-state index contributed by atoms with van der Waals surface area (Å²) < 4.78 is 9.24. The predicted octanol–water partition coefficient (Wildman–Crippen LogP) is 1.20. The van der Waals surface area contributed by atoms with Crippen LogP contribution in [0.25, 0.3) is 0 Å². The lowest BCUT2D eigenvalue weighted by atomic mass is 10.1. The van der Waals surface area contributed by atoms with Gasteiger partial charge in [-0.3, -0.25) is 9.59 Å². The monoisotopic (exact) mass is 330 g/mol. The lowest BCUT2D eigenvalue weighted by Gasteiger charge is -2.11. The molecule has 1 amide bonds. The molecule has 0 aliphatic carbocycles. The van der Waals surface area contributed by atoms with Gasteiger partial charge in [-0.2, -0.15) is 0 Å². The van der Waals surface area contributed by atoms with Gasteiger partial charge in [0.15, 0.2) is 0 Å². The number of pyridine rings is 1. The average Bonchev–Trinajstić information content (AvgIpc) is 2.60. The molecule has 24 heavy (non-hydrogen) atoms. The zero-order valence-electron chi connectivity index (χ0n) is 12.9. The van der Waals surface area contributed by atoms with E-state index in [2.05, 4.69) is 19.8 Å². The van der Waals surface area contributed by atoms with Gasteiger partial charge in [-0.05, 0) is 30.3 Å². The number of nitrogens with one attached hydrogen (secondary N) is 2. The smallest absolute Gasteiger partial charge is 0.339 e. The Hall–Kier alpha value is -3.42. The standard InChI is InChI=1S/C16H14N2O6/c1-23-15(21)9-5-6-10(16(22)24-2)12(8-9)18-14(20)11-4-3-7-17-13(11)19/h3-8H,1-2H3,(H,17,19)(H,18,20). The number of anilines is 1. The Morgan fingerprint density at radius 3 is 2.33 bits per heavy atom. The number of hydrogen-bond donors (Lipinski definition) is 2. The first-order chi connectivity index (χ1) is 11.5. The fourth-order valence-electron chi connectivity index (χ4n) is 1.97. The van der Waals surface area contributed by atoms with Gasteiger partial charge in [0.25, 0.3) is 11.5 Å². The third-order valence-corrected chi connectivity index (χ3v) is 3.16. The third-order valence-electron chi connectivity index (χ3n) is 3.16. The molecule has 8 nitrogen and oxygen atoms in total. The normalized spacial score (nSPS) is 9.92. The summed E-state index contributed by atoms with van der Waals surface area (Å²) in [4.78, 5) is 49.7. The van der Waals surface area contributed by atoms with Crippen LogP contribution in [0.4, 0.5) is 5.69 Å². The highest BCUT2D eigenvalue weighted by atomic mass is 16.5. The number of methoxy groups -OCH3 is 2. The zero-order valence-corrected chi connectivity index (χ0v) is 12.9. The molecule has 1 heterocycles. The third kappa shape index (κ3) is 3.49. The van der Waals surface area contributed by atoms with E-state index in [0.717, 1.165) is 0 Å². The van der Waals surface area contributed by atoms with Gasteiger partial charge in [0, 0.05) is 6.20 Å². The molecular formula is C16H14N2O6. The van der Waals surface area contributed by atoms with Crippen molar-refractivity contribution >= 4 is 23.5 Å². The highest BCUT2D eigenvalue weighted by molar-refractivity contribution is 6.08. The molecular weight excluding hydrogens is 316 g/mol. The van der Waals surface area contributed by atoms with E-state index in [9.17, 15) is 19.2 Å². The number of amides is 1. The number of aromatic amines is 1. The van der Waals surface area contributed by atoms with Crippen LogP contribution in [0, 0.1) is 0 Å². The second-order valence-corrected chi connectivity index (χ2v) is 4.61. The molecule has 1 aromatic heterocycles. The van der Waals surface area contributed by atoms with Crippen molar-refractivity contribution < 1.29 is 23.9 Å². The van der Waals surface area contributed by atoms with Gasteiger partial charge in [0.2, 0.25) is 0 Å². The molecule has 0 aliphatic rings. The van der Waals surface area contributed by atoms with Crippen LogP contribution in [0.2, 0.25) is 0 Å². The van der Waals surface area contributed by atoms with E-state index in [-0.39, 0.29) is 22.4 Å². The maximum Gasteiger partial charge on any atom is 0.339 e. The molecule has 0 aliphatic heterocycles. The number of H-pyrrole nitrogens is 1. The van der Waals surface area contributed by atoms with Crippen LogP contribution >= 0.6 is 0 Å². The van der Waals surface area contributed by atoms with Crippen LogP contribution in [0.3, 0.4) is 0 Å². The van der Waals surface area contributed by atoms with Crippen LogP contribution in [0.5, 0.6) is 0 Å². The Kier molecular flexibility index (Phi) is 5.10. The van der Waals surface area contributed by atoms with Crippen LogP contribution in [0.15, 0.2) is 41.3 Å². The molecule has 2 rings (SSSR count). The van der Waals surface area contributed by atoms with Crippen molar-refractivity contribution in [3.63, 3.8) is 0 Å². The van der Waals surface area contributed by atoms with Crippen LogP contribution in [0.1, 0.15) is 31.1 Å². The number of rotatable bonds is 4. The highest BCUT2D eigenvalue weighted by Gasteiger charge is 2.19. The minimum atomic E-state index is -0.732. The molecule has 0 fully saturated rings. The Morgan fingerprint density at radius 1 is 1.00 bits per heavy atom. The topological polar surface area (TPSA) is 115 Å². The lowest BCUT2D eigenvalue weighted by Crippen LogP contribution is -2.23. The Bertz CT molecular complexity index is 856. The van der Waals surface area contributed by atoms with Crippen molar-refractivity contribution in [2.75, 3.05) is 19.5 Å². The van der Waals surface area contributed by atoms with Crippen molar-refractivity contribution in [1.29, 1.82) is 0 Å². The first-order valence-corrected chi connectivity index (χ1v) is 6.77. The maximum atomic E-state index is 12.2. The van der Waals surface area contributed by atoms with Gasteiger partial charge in [-0.15, -0.1) is 0 Å². The average molecular weight is 330 g/mol. The summed E-state index contributed by atoms with van der Waals surface area (Å²) in [5.41, 5.74) is -0.540. The summed E-state index contributed by atoms with van der Waals surface area (Å²) in [7, 11) is 2.39. The largest absolute Gasteiger partial charge is 0.465 e. The van der Waals surface area contributed by atoms with Crippen molar-refractivity contribution in [3.05, 3.63) is 63.6 Å². The number of aromatic nitrogens is 1. The first kappa shape index (κ1) is 16.9. The predicted molar refractivity (Wildman–Crippen MR) is 84.1 cm³/mol. The van der Waals surface area contributed by atoms with E-state index in [1.807, 2.05) is 0 Å². The van der Waals surface area contributed by atoms with Crippen LogP contribution < -0.4 is 10.9 Å². The van der Waals surface area contributed by atoms with Gasteiger partial charge in [-0.25, -0.2) is 9.59 Å². The molecule has 2 aromatic rings. The quantitative estimate of drug-likeness (QED) is 0.814.